The van der Waals surface area contributed by atoms with Crippen molar-refractivity contribution in [2.24, 2.45) is 0 Å². The summed E-state index contributed by atoms with van der Waals surface area (Å²) in [5, 5.41) is 3.00. The summed E-state index contributed by atoms with van der Waals surface area (Å²) >= 11 is 0. The number of nitrogens with one attached hydrogen (secondary N) is 1. The molecule has 5 nitrogen and oxygen atoms in total. The predicted molar refractivity (Wildman–Crippen MR) is 124 cm³/mol. The lowest BCUT2D eigenvalue weighted by molar-refractivity contribution is -0.116. The molecule has 162 valence electrons. The van der Waals surface area contributed by atoms with Gasteiger partial charge in [0.1, 0.15) is 0 Å². The number of aromatic nitrogens is 1. The van der Waals surface area contributed by atoms with Crippen molar-refractivity contribution in [3.05, 3.63) is 72.2 Å². The number of benzene rings is 2. The van der Waals surface area contributed by atoms with Gasteiger partial charge in [0.2, 0.25) is 5.91 Å². The Bertz CT molecular complexity index is 966. The number of rotatable bonds is 8. The largest absolute Gasteiger partial charge is 0.441 e. The zero-order chi connectivity index (χ0) is 21.5. The molecule has 0 aliphatic carbocycles. The number of nitrogens with zero attached hydrogens (tertiary/aromatic N) is 2. The Morgan fingerprint density at radius 2 is 1.94 bits per heavy atom. The van der Waals surface area contributed by atoms with Crippen LogP contribution in [0.1, 0.15) is 50.5 Å². The van der Waals surface area contributed by atoms with Crippen LogP contribution in [0.3, 0.4) is 0 Å². The first-order valence-electron chi connectivity index (χ1n) is 11.3. The van der Waals surface area contributed by atoms with E-state index in [4.69, 9.17) is 4.42 Å². The van der Waals surface area contributed by atoms with Crippen LogP contribution in [-0.2, 0) is 17.8 Å². The first-order chi connectivity index (χ1) is 15.2. The van der Waals surface area contributed by atoms with Gasteiger partial charge in [-0.1, -0.05) is 48.9 Å². The number of carbonyl (C=O) groups excluding carboxylic acids is 1. The summed E-state index contributed by atoms with van der Waals surface area (Å²) in [6.45, 7) is 4.47. The number of amides is 1. The number of hydrogen-bond acceptors (Lipinski definition) is 4. The normalized spacial score (nSPS) is 16.9. The van der Waals surface area contributed by atoms with Gasteiger partial charge in [0.15, 0.2) is 11.7 Å². The van der Waals surface area contributed by atoms with E-state index in [1.165, 1.54) is 31.4 Å². The second kappa shape index (κ2) is 10.4. The molecule has 1 aromatic heterocycles. The minimum absolute atomic E-state index is 0.0206. The number of hydrogen-bond donors (Lipinski definition) is 1. The number of carbonyl (C=O) groups is 1. The van der Waals surface area contributed by atoms with E-state index >= 15 is 0 Å². The van der Waals surface area contributed by atoms with E-state index in [2.05, 4.69) is 34.3 Å². The SMILES string of the molecule is CC1CCCCN1Cc1ccc(NC(=O)CCCc2ncc(-c3ccccc3)o2)cc1. The summed E-state index contributed by atoms with van der Waals surface area (Å²) in [4.78, 5) is 19.2. The molecule has 0 saturated carbocycles. The van der Waals surface area contributed by atoms with Crippen LogP contribution in [0.4, 0.5) is 5.69 Å². The summed E-state index contributed by atoms with van der Waals surface area (Å²) in [7, 11) is 0. The smallest absolute Gasteiger partial charge is 0.224 e. The fourth-order valence-corrected chi connectivity index (χ4v) is 4.11. The lowest BCUT2D eigenvalue weighted by atomic mass is 10.0. The van der Waals surface area contributed by atoms with E-state index in [1.807, 2.05) is 42.5 Å². The van der Waals surface area contributed by atoms with Gasteiger partial charge in [0, 0.05) is 36.7 Å². The molecule has 1 saturated heterocycles. The molecule has 2 heterocycles. The number of aryl methyl sites for hydroxylation is 1. The molecule has 1 unspecified atom stereocenters. The van der Waals surface area contributed by atoms with Crippen LogP contribution in [0.5, 0.6) is 0 Å². The number of likely N-dealkylation sites (tertiary alicyclic amines) is 1. The topological polar surface area (TPSA) is 58.4 Å². The second-order valence-electron chi connectivity index (χ2n) is 8.40. The van der Waals surface area contributed by atoms with Gasteiger partial charge in [-0.05, 0) is 50.4 Å². The second-order valence-corrected chi connectivity index (χ2v) is 8.40. The van der Waals surface area contributed by atoms with Crippen LogP contribution in [0.15, 0.2) is 65.2 Å². The van der Waals surface area contributed by atoms with Crippen molar-refractivity contribution in [1.29, 1.82) is 0 Å². The summed E-state index contributed by atoms with van der Waals surface area (Å²) in [6.07, 6.45) is 7.45. The Hall–Kier alpha value is -2.92. The molecule has 0 radical (unpaired) electrons. The number of piperidine rings is 1. The van der Waals surface area contributed by atoms with Crippen LogP contribution in [-0.4, -0.2) is 28.4 Å². The minimum atomic E-state index is 0.0206. The molecule has 1 amide bonds. The average Bonchev–Trinajstić information content (AvgIpc) is 3.26. The Balaban J connectivity index is 1.21. The number of oxazole rings is 1. The van der Waals surface area contributed by atoms with Gasteiger partial charge in [-0.3, -0.25) is 9.69 Å². The molecule has 1 fully saturated rings. The molecule has 1 aliphatic rings. The van der Waals surface area contributed by atoms with Crippen LogP contribution < -0.4 is 5.32 Å². The fourth-order valence-electron chi connectivity index (χ4n) is 4.11. The van der Waals surface area contributed by atoms with Crippen molar-refractivity contribution < 1.29 is 9.21 Å². The van der Waals surface area contributed by atoms with Crippen molar-refractivity contribution in [1.82, 2.24) is 9.88 Å². The highest BCUT2D eigenvalue weighted by atomic mass is 16.4. The minimum Gasteiger partial charge on any atom is -0.441 e. The molecule has 1 atom stereocenters. The Kier molecular flexibility index (Phi) is 7.15. The van der Waals surface area contributed by atoms with Crippen LogP contribution in [0.2, 0.25) is 0 Å². The maximum absolute atomic E-state index is 12.3. The first kappa shape index (κ1) is 21.3. The van der Waals surface area contributed by atoms with Crippen LogP contribution in [0, 0.1) is 0 Å². The Morgan fingerprint density at radius 1 is 1.13 bits per heavy atom. The van der Waals surface area contributed by atoms with E-state index in [-0.39, 0.29) is 5.91 Å². The highest BCUT2D eigenvalue weighted by molar-refractivity contribution is 5.90. The zero-order valence-corrected chi connectivity index (χ0v) is 18.2. The third-order valence-electron chi connectivity index (χ3n) is 5.97. The molecule has 4 rings (SSSR count). The van der Waals surface area contributed by atoms with Gasteiger partial charge in [0.05, 0.1) is 6.20 Å². The van der Waals surface area contributed by atoms with Gasteiger partial charge in [-0.2, -0.15) is 0 Å². The van der Waals surface area contributed by atoms with E-state index in [0.717, 1.165) is 23.6 Å². The van der Waals surface area contributed by atoms with Gasteiger partial charge in [-0.25, -0.2) is 4.98 Å². The molecular weight excluding hydrogens is 386 g/mol. The molecule has 5 heteroatoms. The summed E-state index contributed by atoms with van der Waals surface area (Å²) in [5.41, 5.74) is 3.16. The zero-order valence-electron chi connectivity index (χ0n) is 18.2. The highest BCUT2D eigenvalue weighted by Crippen LogP contribution is 2.21. The van der Waals surface area contributed by atoms with Crippen molar-refractivity contribution in [2.45, 2.75) is 58.0 Å². The molecule has 0 spiro atoms. The molecule has 2 aromatic carbocycles. The molecule has 1 N–H and O–H groups in total. The van der Waals surface area contributed by atoms with Gasteiger partial charge < -0.3 is 9.73 Å². The third-order valence-corrected chi connectivity index (χ3v) is 5.97. The van der Waals surface area contributed by atoms with Gasteiger partial charge in [-0.15, -0.1) is 0 Å². The number of anilines is 1. The van der Waals surface area contributed by atoms with Crippen molar-refractivity contribution >= 4 is 11.6 Å². The van der Waals surface area contributed by atoms with Gasteiger partial charge >= 0.3 is 0 Å². The molecule has 1 aliphatic heterocycles. The first-order valence-corrected chi connectivity index (χ1v) is 11.3. The lowest BCUT2D eigenvalue weighted by Crippen LogP contribution is -2.36. The summed E-state index contributed by atoms with van der Waals surface area (Å²) in [6, 6.07) is 18.8. The van der Waals surface area contributed by atoms with Crippen molar-refractivity contribution in [3.8, 4) is 11.3 Å². The van der Waals surface area contributed by atoms with Crippen molar-refractivity contribution in [3.63, 3.8) is 0 Å². The monoisotopic (exact) mass is 417 g/mol. The Morgan fingerprint density at radius 3 is 2.71 bits per heavy atom. The average molecular weight is 418 g/mol. The van der Waals surface area contributed by atoms with E-state index < -0.39 is 0 Å². The third kappa shape index (κ3) is 6.05. The summed E-state index contributed by atoms with van der Waals surface area (Å²) < 4.78 is 5.81. The predicted octanol–water partition coefficient (Wildman–Crippen LogP) is 5.68. The van der Waals surface area contributed by atoms with E-state index in [0.29, 0.717) is 31.2 Å². The maximum atomic E-state index is 12.3. The van der Waals surface area contributed by atoms with Gasteiger partial charge in [0.25, 0.3) is 0 Å². The standard InChI is InChI=1S/C26H31N3O2/c1-20-8-5-6-17-29(20)19-21-13-15-23(16-14-21)28-25(30)11-7-12-26-27-18-24(31-26)22-9-3-2-4-10-22/h2-4,9-10,13-16,18,20H,5-8,11-12,17,19H2,1H3,(H,28,30). The van der Waals surface area contributed by atoms with E-state index in [1.54, 1.807) is 6.20 Å². The molecule has 31 heavy (non-hydrogen) atoms. The fraction of sp³-hybridized carbons (Fsp3) is 0.385. The molecular formula is C26H31N3O2. The quantitative estimate of drug-likeness (QED) is 0.512. The van der Waals surface area contributed by atoms with Crippen LogP contribution in [0.25, 0.3) is 11.3 Å². The van der Waals surface area contributed by atoms with Crippen molar-refractivity contribution in [2.75, 3.05) is 11.9 Å². The lowest BCUT2D eigenvalue weighted by Gasteiger charge is -2.33. The summed E-state index contributed by atoms with van der Waals surface area (Å²) in [5.74, 6) is 1.45. The van der Waals surface area contributed by atoms with Crippen LogP contribution >= 0.6 is 0 Å². The maximum Gasteiger partial charge on any atom is 0.224 e. The van der Waals surface area contributed by atoms with E-state index in [9.17, 15) is 4.79 Å². The highest BCUT2D eigenvalue weighted by Gasteiger charge is 2.18. The molecule has 0 bridgehead atoms. The Labute approximate surface area is 184 Å². The molecule has 3 aromatic rings.